The summed E-state index contributed by atoms with van der Waals surface area (Å²) in [5.41, 5.74) is 8.16. The third-order valence-electron chi connectivity index (χ3n) is 10.7. The molecule has 5 aliphatic rings. The molecule has 3 fully saturated rings. The van der Waals surface area contributed by atoms with Gasteiger partial charge in [-0.1, -0.05) is 37.6 Å². The predicted octanol–water partition coefficient (Wildman–Crippen LogP) is 5.03. The summed E-state index contributed by atoms with van der Waals surface area (Å²) in [4.78, 5) is 24.1. The lowest BCUT2D eigenvalue weighted by molar-refractivity contribution is -0.153. The van der Waals surface area contributed by atoms with Crippen LogP contribution in [0.1, 0.15) is 64.4 Å². The number of fused-ring (bicyclic) bond motifs is 5. The first-order chi connectivity index (χ1) is 18.0. The number of nitrogens with one attached hydrogen (secondary N) is 1. The molecule has 1 aromatic rings. The standard InChI is InChI=1S/C31H43N3O3/c1-30-11-9-22(19-33-37-29(35)21-34-14-16-36-17-15-34)18-24(30)5-6-25-27-8-7-26(23-4-3-13-32-20-23)31(27,2)12-10-28(25)30/h3-4,7,13,18,20,22,25,27-28,33H,5-6,8-12,14-17,19,21H2,1-2H3/t22?,25-,27+,28+,30+,31-/m1/s1. The highest BCUT2D eigenvalue weighted by molar-refractivity contribution is 5.72. The van der Waals surface area contributed by atoms with Crippen LogP contribution in [0.15, 0.2) is 42.3 Å². The summed E-state index contributed by atoms with van der Waals surface area (Å²) in [7, 11) is 0. The second kappa shape index (κ2) is 10.3. The molecule has 1 unspecified atom stereocenters. The number of pyridine rings is 1. The number of morpholine rings is 1. The van der Waals surface area contributed by atoms with Gasteiger partial charge in [-0.05, 0) is 96.7 Å². The Morgan fingerprint density at radius 1 is 1.16 bits per heavy atom. The van der Waals surface area contributed by atoms with E-state index in [0.717, 1.165) is 30.8 Å². The molecule has 0 radical (unpaired) electrons. The van der Waals surface area contributed by atoms with Crippen LogP contribution in [0.5, 0.6) is 0 Å². The zero-order valence-corrected chi connectivity index (χ0v) is 22.6. The van der Waals surface area contributed by atoms with Crippen LogP contribution in [0.4, 0.5) is 0 Å². The van der Waals surface area contributed by atoms with E-state index in [1.807, 2.05) is 6.20 Å². The molecule has 6 nitrogen and oxygen atoms in total. The van der Waals surface area contributed by atoms with Crippen LogP contribution >= 0.6 is 0 Å². The quantitative estimate of drug-likeness (QED) is 0.432. The van der Waals surface area contributed by atoms with E-state index < -0.39 is 0 Å². The van der Waals surface area contributed by atoms with Crippen LogP contribution in [0, 0.1) is 34.5 Å². The van der Waals surface area contributed by atoms with Crippen molar-refractivity contribution in [2.24, 2.45) is 34.5 Å². The average molecular weight is 506 g/mol. The van der Waals surface area contributed by atoms with Crippen molar-refractivity contribution < 1.29 is 14.4 Å². The minimum absolute atomic E-state index is 0.197. The summed E-state index contributed by atoms with van der Waals surface area (Å²) in [5, 5.41) is 0. The molecule has 0 spiro atoms. The minimum Gasteiger partial charge on any atom is -0.379 e. The molecular weight excluding hydrogens is 462 g/mol. The third-order valence-corrected chi connectivity index (χ3v) is 10.7. The van der Waals surface area contributed by atoms with E-state index in [1.54, 1.807) is 11.1 Å². The SMILES string of the molecule is C[C@]12CCC(CNOC(=O)CN3CCOCC3)C=C1CC[C@H]1[C@@H]2CC[C@]2(C)C(c3cccnc3)=CC[C@@H]12. The van der Waals surface area contributed by atoms with Gasteiger partial charge in [0.2, 0.25) is 0 Å². The molecule has 1 aliphatic heterocycles. The summed E-state index contributed by atoms with van der Waals surface area (Å²) in [6.45, 7) is 9.13. The van der Waals surface area contributed by atoms with E-state index in [-0.39, 0.29) is 11.4 Å². The van der Waals surface area contributed by atoms with Gasteiger partial charge in [0.15, 0.2) is 0 Å². The fourth-order valence-corrected chi connectivity index (χ4v) is 8.70. The highest BCUT2D eigenvalue weighted by Crippen LogP contribution is 2.66. The molecule has 6 rings (SSSR count). The third kappa shape index (κ3) is 4.70. The maximum atomic E-state index is 12.2. The minimum atomic E-state index is -0.197. The monoisotopic (exact) mass is 505 g/mol. The van der Waals surface area contributed by atoms with E-state index in [2.05, 4.69) is 59.7 Å². The van der Waals surface area contributed by atoms with Crippen LogP contribution in [0.25, 0.3) is 5.57 Å². The second-order valence-electron chi connectivity index (χ2n) is 12.6. The lowest BCUT2D eigenvalue weighted by Gasteiger charge is -2.58. The Hall–Kier alpha value is -2.02. The second-order valence-corrected chi connectivity index (χ2v) is 12.6. The van der Waals surface area contributed by atoms with Crippen molar-refractivity contribution in [1.82, 2.24) is 15.4 Å². The summed E-state index contributed by atoms with van der Waals surface area (Å²) in [6.07, 6.45) is 17.8. The van der Waals surface area contributed by atoms with Gasteiger partial charge in [0.1, 0.15) is 0 Å². The van der Waals surface area contributed by atoms with Gasteiger partial charge >= 0.3 is 5.97 Å². The van der Waals surface area contributed by atoms with Gasteiger partial charge in [0.25, 0.3) is 0 Å². The molecular formula is C31H43N3O3. The van der Waals surface area contributed by atoms with E-state index in [0.29, 0.717) is 37.6 Å². The molecule has 4 aliphatic carbocycles. The Morgan fingerprint density at radius 3 is 2.81 bits per heavy atom. The van der Waals surface area contributed by atoms with Crippen molar-refractivity contribution in [3.05, 3.63) is 47.8 Å². The number of hydrogen-bond acceptors (Lipinski definition) is 6. The first-order valence-electron chi connectivity index (χ1n) is 14.5. The normalized spacial score (nSPS) is 37.6. The van der Waals surface area contributed by atoms with Gasteiger partial charge in [-0.25, -0.2) is 4.79 Å². The summed E-state index contributed by atoms with van der Waals surface area (Å²) < 4.78 is 5.35. The maximum Gasteiger partial charge on any atom is 0.338 e. The van der Waals surface area contributed by atoms with Crippen LogP contribution < -0.4 is 5.48 Å². The van der Waals surface area contributed by atoms with Gasteiger partial charge < -0.3 is 9.57 Å². The molecule has 1 saturated heterocycles. The van der Waals surface area contributed by atoms with Crippen molar-refractivity contribution >= 4 is 11.5 Å². The summed E-state index contributed by atoms with van der Waals surface area (Å²) >= 11 is 0. The van der Waals surface area contributed by atoms with Crippen molar-refractivity contribution in [3.63, 3.8) is 0 Å². The van der Waals surface area contributed by atoms with Crippen LogP contribution in [-0.4, -0.2) is 55.2 Å². The number of carbonyl (C=O) groups is 1. The molecule has 6 heteroatoms. The van der Waals surface area contributed by atoms with Crippen LogP contribution in [-0.2, 0) is 14.4 Å². The molecule has 37 heavy (non-hydrogen) atoms. The van der Waals surface area contributed by atoms with Crippen LogP contribution in [0.3, 0.4) is 0 Å². The molecule has 2 saturated carbocycles. The number of rotatable bonds is 6. The topological polar surface area (TPSA) is 63.7 Å². The smallest absolute Gasteiger partial charge is 0.338 e. The molecule has 0 amide bonds. The lowest BCUT2D eigenvalue weighted by Crippen LogP contribution is -2.50. The largest absolute Gasteiger partial charge is 0.379 e. The molecule has 6 atom stereocenters. The number of hydroxylamine groups is 1. The number of allylic oxidation sites excluding steroid dienone is 3. The predicted molar refractivity (Wildman–Crippen MR) is 144 cm³/mol. The number of aromatic nitrogens is 1. The van der Waals surface area contributed by atoms with E-state index in [9.17, 15) is 4.79 Å². The Morgan fingerprint density at radius 2 is 2.00 bits per heavy atom. The Kier molecular flexibility index (Phi) is 7.02. The average Bonchev–Trinajstić information content (AvgIpc) is 3.27. The van der Waals surface area contributed by atoms with Gasteiger partial charge in [-0.2, -0.15) is 5.48 Å². The van der Waals surface area contributed by atoms with Crippen LogP contribution in [0.2, 0.25) is 0 Å². The number of ether oxygens (including phenoxy) is 1. The van der Waals surface area contributed by atoms with E-state index >= 15 is 0 Å². The number of hydrogen-bond donors (Lipinski definition) is 1. The number of carbonyl (C=O) groups excluding carboxylic acids is 1. The Labute approximate surface area is 221 Å². The lowest BCUT2D eigenvalue weighted by atomic mass is 9.46. The van der Waals surface area contributed by atoms with Gasteiger partial charge in [-0.15, -0.1) is 0 Å². The first-order valence-corrected chi connectivity index (χ1v) is 14.5. The van der Waals surface area contributed by atoms with Gasteiger partial charge in [0, 0.05) is 32.0 Å². The fraction of sp³-hybridized carbons (Fsp3) is 0.677. The number of nitrogens with zero attached hydrogens (tertiary/aromatic N) is 2. The summed E-state index contributed by atoms with van der Waals surface area (Å²) in [5.74, 6) is 2.59. The highest BCUT2D eigenvalue weighted by atomic mass is 16.7. The molecule has 200 valence electrons. The first kappa shape index (κ1) is 25.3. The van der Waals surface area contributed by atoms with Crippen molar-refractivity contribution in [2.45, 2.75) is 58.8 Å². The van der Waals surface area contributed by atoms with Crippen molar-refractivity contribution in [1.29, 1.82) is 0 Å². The molecule has 1 aromatic heterocycles. The Balaban J connectivity index is 1.07. The van der Waals surface area contributed by atoms with Gasteiger partial charge in [0.05, 0.1) is 19.8 Å². The van der Waals surface area contributed by atoms with E-state index in [4.69, 9.17) is 9.57 Å². The molecule has 0 bridgehead atoms. The zero-order valence-electron chi connectivity index (χ0n) is 22.6. The molecule has 0 aromatic carbocycles. The maximum absolute atomic E-state index is 12.2. The van der Waals surface area contributed by atoms with Gasteiger partial charge in [-0.3, -0.25) is 9.88 Å². The van der Waals surface area contributed by atoms with Crippen molar-refractivity contribution in [3.8, 4) is 0 Å². The zero-order chi connectivity index (χ0) is 25.5. The fourth-order valence-electron chi connectivity index (χ4n) is 8.70. The molecule has 2 heterocycles. The van der Waals surface area contributed by atoms with E-state index in [1.165, 1.54) is 50.5 Å². The Bertz CT molecular complexity index is 1050. The molecule has 1 N–H and O–H groups in total. The highest BCUT2D eigenvalue weighted by Gasteiger charge is 2.57. The van der Waals surface area contributed by atoms with Crippen molar-refractivity contribution in [2.75, 3.05) is 39.4 Å². The summed E-state index contributed by atoms with van der Waals surface area (Å²) in [6, 6.07) is 4.33.